The number of hydrogen-bond acceptors (Lipinski definition) is 6. The van der Waals surface area contributed by atoms with Crippen LogP contribution in [0, 0.1) is 0 Å². The van der Waals surface area contributed by atoms with Gasteiger partial charge in [0.1, 0.15) is 0 Å². The van der Waals surface area contributed by atoms with E-state index in [1.807, 2.05) is 6.92 Å². The Labute approximate surface area is 152 Å². The van der Waals surface area contributed by atoms with Crippen LogP contribution in [-0.4, -0.2) is 44.5 Å². The molecule has 0 radical (unpaired) electrons. The monoisotopic (exact) mass is 384 g/mol. The minimum Gasteiger partial charge on any atom is -0.379 e. The maximum Gasteiger partial charge on any atom is 0.499 e. The average molecular weight is 384 g/mol. The molecule has 152 valence electrons. The van der Waals surface area contributed by atoms with Crippen molar-refractivity contribution in [2.45, 2.75) is 71.6 Å². The minimum atomic E-state index is -4.16. The molecule has 0 spiro atoms. The van der Waals surface area contributed by atoms with Crippen molar-refractivity contribution in [1.82, 2.24) is 0 Å². The second kappa shape index (κ2) is 18.8. The van der Waals surface area contributed by atoms with Crippen LogP contribution in [0.2, 0.25) is 0 Å². The van der Waals surface area contributed by atoms with E-state index in [0.717, 1.165) is 19.3 Å². The highest BCUT2D eigenvalue weighted by molar-refractivity contribution is 7.47. The Balaban J connectivity index is 3.32. The summed E-state index contributed by atoms with van der Waals surface area (Å²) in [7, 11) is -4.16. The molecule has 0 amide bonds. The number of rotatable bonds is 20. The third-order valence-electron chi connectivity index (χ3n) is 3.54. The lowest BCUT2D eigenvalue weighted by Crippen LogP contribution is -2.09. The lowest BCUT2D eigenvalue weighted by molar-refractivity contribution is -0.225. The highest BCUT2D eigenvalue weighted by atomic mass is 31.2. The molecule has 0 saturated heterocycles. The van der Waals surface area contributed by atoms with Gasteiger partial charge in [-0.3, -0.25) is 4.52 Å². The molecule has 0 fully saturated rings. The van der Waals surface area contributed by atoms with Crippen molar-refractivity contribution < 1.29 is 33.0 Å². The molecule has 7 nitrogen and oxygen atoms in total. The number of unbranched alkanes of at least 4 members (excludes halogenated alkanes) is 8. The number of phosphoric acid groups is 1. The first-order chi connectivity index (χ1) is 12.1. The topological polar surface area (TPSA) is 83.5 Å². The Bertz CT molecular complexity index is 315. The van der Waals surface area contributed by atoms with Crippen LogP contribution in [0.3, 0.4) is 0 Å². The molecule has 0 aliphatic heterocycles. The third kappa shape index (κ3) is 20.2. The van der Waals surface area contributed by atoms with E-state index in [9.17, 15) is 9.46 Å². The molecule has 8 heteroatoms. The summed E-state index contributed by atoms with van der Waals surface area (Å²) in [5.74, 6) is 0. The molecule has 0 aliphatic rings. The second-order valence-corrected chi connectivity index (χ2v) is 7.18. The van der Waals surface area contributed by atoms with Crippen molar-refractivity contribution >= 4 is 7.82 Å². The Morgan fingerprint density at radius 1 is 0.720 bits per heavy atom. The molecule has 0 aromatic heterocycles. The lowest BCUT2D eigenvalue weighted by atomic mass is 10.1. The van der Waals surface area contributed by atoms with Crippen LogP contribution >= 0.6 is 7.82 Å². The van der Waals surface area contributed by atoms with Gasteiger partial charge in [-0.2, -0.15) is 0 Å². The van der Waals surface area contributed by atoms with Gasteiger partial charge in [0.15, 0.2) is 0 Å². The van der Waals surface area contributed by atoms with E-state index in [1.54, 1.807) is 0 Å². The zero-order valence-corrected chi connectivity index (χ0v) is 16.8. The quantitative estimate of drug-likeness (QED) is 0.142. The van der Waals surface area contributed by atoms with Crippen LogP contribution in [-0.2, 0) is 28.1 Å². The molecular formula is C17H37O7P. The molecule has 0 bridgehead atoms. The van der Waals surface area contributed by atoms with Crippen molar-refractivity contribution in [2.24, 2.45) is 0 Å². The first-order valence-electron chi connectivity index (χ1n) is 9.56. The van der Waals surface area contributed by atoms with Gasteiger partial charge >= 0.3 is 7.82 Å². The van der Waals surface area contributed by atoms with Gasteiger partial charge < -0.3 is 14.4 Å². The molecule has 1 atom stereocenters. The van der Waals surface area contributed by atoms with E-state index in [2.05, 4.69) is 11.6 Å². The second-order valence-electron chi connectivity index (χ2n) is 5.84. The summed E-state index contributed by atoms with van der Waals surface area (Å²) in [5, 5.41) is 0. The number of phosphoric ester groups is 1. The van der Waals surface area contributed by atoms with Gasteiger partial charge in [0.05, 0.1) is 33.0 Å². The Kier molecular flexibility index (Phi) is 18.8. The SMILES string of the molecule is CCCCCCCCCCCOOP(=O)(O)OCCOCCOCC. The van der Waals surface area contributed by atoms with Crippen molar-refractivity contribution in [3.05, 3.63) is 0 Å². The van der Waals surface area contributed by atoms with Gasteiger partial charge in [-0.05, 0) is 13.3 Å². The van der Waals surface area contributed by atoms with Crippen LogP contribution in [0.15, 0.2) is 0 Å². The summed E-state index contributed by atoms with van der Waals surface area (Å²) in [6.07, 6.45) is 10.7. The molecule has 0 saturated carbocycles. The van der Waals surface area contributed by atoms with Crippen molar-refractivity contribution in [3.8, 4) is 0 Å². The Morgan fingerprint density at radius 3 is 1.92 bits per heavy atom. The summed E-state index contributed by atoms with van der Waals surface area (Å²) in [4.78, 5) is 14.2. The maximum absolute atomic E-state index is 11.5. The summed E-state index contributed by atoms with van der Waals surface area (Å²) in [6, 6.07) is 0. The predicted molar refractivity (Wildman–Crippen MR) is 97.4 cm³/mol. The number of ether oxygens (including phenoxy) is 2. The van der Waals surface area contributed by atoms with E-state index in [-0.39, 0.29) is 19.8 Å². The van der Waals surface area contributed by atoms with Crippen LogP contribution in [0.5, 0.6) is 0 Å². The van der Waals surface area contributed by atoms with E-state index in [0.29, 0.717) is 19.8 Å². The minimum absolute atomic E-state index is 0.0404. The zero-order valence-electron chi connectivity index (χ0n) is 16.0. The number of hydrogen-bond donors (Lipinski definition) is 1. The smallest absolute Gasteiger partial charge is 0.379 e. The van der Waals surface area contributed by atoms with E-state index in [4.69, 9.17) is 18.9 Å². The molecule has 1 N–H and O–H groups in total. The molecule has 1 unspecified atom stereocenters. The third-order valence-corrected chi connectivity index (χ3v) is 4.34. The van der Waals surface area contributed by atoms with Crippen molar-refractivity contribution in [3.63, 3.8) is 0 Å². The first kappa shape index (κ1) is 25.0. The van der Waals surface area contributed by atoms with Crippen LogP contribution in [0.1, 0.15) is 71.6 Å². The normalized spacial score (nSPS) is 13.9. The predicted octanol–water partition coefficient (Wildman–Crippen LogP) is 4.64. The lowest BCUT2D eigenvalue weighted by Gasteiger charge is -2.11. The van der Waals surface area contributed by atoms with Crippen molar-refractivity contribution in [1.29, 1.82) is 0 Å². The molecule has 0 aromatic rings. The molecule has 0 heterocycles. The summed E-state index contributed by atoms with van der Waals surface area (Å²) < 4.78 is 30.9. The first-order valence-corrected chi connectivity index (χ1v) is 11.1. The zero-order chi connectivity index (χ0) is 18.6. The molecule has 0 aromatic carbocycles. The highest BCUT2D eigenvalue weighted by Crippen LogP contribution is 2.43. The Hall–Kier alpha value is -0.0100. The summed E-state index contributed by atoms with van der Waals surface area (Å²) in [6.45, 7) is 6.10. The Morgan fingerprint density at radius 2 is 1.28 bits per heavy atom. The fourth-order valence-electron chi connectivity index (χ4n) is 2.17. The maximum atomic E-state index is 11.5. The van der Waals surface area contributed by atoms with Gasteiger partial charge in [-0.25, -0.2) is 9.45 Å². The highest BCUT2D eigenvalue weighted by Gasteiger charge is 2.22. The van der Waals surface area contributed by atoms with E-state index < -0.39 is 7.82 Å². The van der Waals surface area contributed by atoms with Gasteiger partial charge in [0.25, 0.3) is 0 Å². The molecule has 0 aliphatic carbocycles. The molecule has 0 rings (SSSR count). The molecule has 25 heavy (non-hydrogen) atoms. The fourth-order valence-corrected chi connectivity index (χ4v) is 2.73. The molecular weight excluding hydrogens is 347 g/mol. The largest absolute Gasteiger partial charge is 0.499 e. The summed E-state index contributed by atoms with van der Waals surface area (Å²) >= 11 is 0. The van der Waals surface area contributed by atoms with Crippen LogP contribution in [0.25, 0.3) is 0 Å². The van der Waals surface area contributed by atoms with Gasteiger partial charge in [-0.15, -0.1) is 4.67 Å². The fraction of sp³-hybridized carbons (Fsp3) is 1.00. The van der Waals surface area contributed by atoms with E-state index in [1.165, 1.54) is 38.5 Å². The summed E-state index contributed by atoms with van der Waals surface area (Å²) in [5.41, 5.74) is 0. The van der Waals surface area contributed by atoms with Crippen LogP contribution < -0.4 is 0 Å². The van der Waals surface area contributed by atoms with Crippen molar-refractivity contribution in [2.75, 3.05) is 39.6 Å². The average Bonchev–Trinajstić information content (AvgIpc) is 2.59. The van der Waals surface area contributed by atoms with Crippen LogP contribution in [0.4, 0.5) is 0 Å². The van der Waals surface area contributed by atoms with E-state index >= 15 is 0 Å². The van der Waals surface area contributed by atoms with Gasteiger partial charge in [0.2, 0.25) is 0 Å². The van der Waals surface area contributed by atoms with Gasteiger partial charge in [0, 0.05) is 6.61 Å². The standard InChI is InChI=1S/C17H37O7P/c1-3-5-6-7-8-9-10-11-12-13-22-24-25(18,19)23-17-16-21-15-14-20-4-2/h3-17H2,1-2H3,(H,18,19). The van der Waals surface area contributed by atoms with Gasteiger partial charge in [-0.1, -0.05) is 58.3 Å².